The molecule has 1 heterocycles. The monoisotopic (exact) mass is 267 g/mol. The Morgan fingerprint density at radius 3 is 2.22 bits per heavy atom. The second-order valence-electron chi connectivity index (χ2n) is 5.18. The largest absolute Gasteiger partial charge is 0.390 e. The lowest BCUT2D eigenvalue weighted by Gasteiger charge is -2.39. The molecule has 1 spiro atoms. The fourth-order valence-electron chi connectivity index (χ4n) is 2.75. The molecule has 1 saturated carbocycles. The van der Waals surface area contributed by atoms with Crippen LogP contribution in [0.4, 0.5) is 13.2 Å². The molecule has 3 nitrogen and oxygen atoms in total. The Morgan fingerprint density at radius 2 is 1.72 bits per heavy atom. The topological polar surface area (TPSA) is 21.7 Å². The van der Waals surface area contributed by atoms with E-state index in [1.165, 1.54) is 0 Å². The molecule has 18 heavy (non-hydrogen) atoms. The quantitative estimate of drug-likeness (QED) is 0.784. The highest BCUT2D eigenvalue weighted by Gasteiger charge is 2.41. The molecule has 0 aromatic rings. The Morgan fingerprint density at radius 1 is 1.17 bits per heavy atom. The van der Waals surface area contributed by atoms with Crippen LogP contribution in [0.25, 0.3) is 0 Å². The van der Waals surface area contributed by atoms with E-state index in [-0.39, 0.29) is 12.6 Å². The van der Waals surface area contributed by atoms with E-state index in [4.69, 9.17) is 9.47 Å². The predicted octanol–water partition coefficient (Wildman–Crippen LogP) is 2.56. The van der Waals surface area contributed by atoms with Crippen molar-refractivity contribution in [2.24, 2.45) is 0 Å². The molecule has 2 rings (SSSR count). The fourth-order valence-corrected chi connectivity index (χ4v) is 2.75. The lowest BCUT2D eigenvalue weighted by Crippen LogP contribution is -2.43. The minimum Gasteiger partial charge on any atom is -0.348 e. The maximum absolute atomic E-state index is 12.2. The first-order valence-electron chi connectivity index (χ1n) is 6.45. The smallest absolute Gasteiger partial charge is 0.348 e. The lowest BCUT2D eigenvalue weighted by molar-refractivity contribution is -0.184. The number of alkyl halides is 3. The van der Waals surface area contributed by atoms with Crippen LogP contribution < -0.4 is 0 Å². The molecule has 0 N–H and O–H groups in total. The van der Waals surface area contributed by atoms with Crippen LogP contribution in [0.1, 0.15) is 32.1 Å². The van der Waals surface area contributed by atoms with Gasteiger partial charge in [0.1, 0.15) is 0 Å². The summed E-state index contributed by atoms with van der Waals surface area (Å²) in [6.07, 6.45) is -1.55. The molecular weight excluding hydrogens is 247 g/mol. The summed E-state index contributed by atoms with van der Waals surface area (Å²) < 4.78 is 47.7. The molecule has 0 radical (unpaired) electrons. The second kappa shape index (κ2) is 5.35. The van der Waals surface area contributed by atoms with Gasteiger partial charge in [0, 0.05) is 25.4 Å². The number of hydrogen-bond acceptors (Lipinski definition) is 3. The van der Waals surface area contributed by atoms with Gasteiger partial charge in [-0.15, -0.1) is 0 Å². The lowest BCUT2D eigenvalue weighted by atomic mass is 9.89. The zero-order chi connectivity index (χ0) is 13.2. The normalized spacial score (nSPS) is 25.2. The predicted molar refractivity (Wildman–Crippen MR) is 60.2 cm³/mol. The molecule has 6 heteroatoms. The Kier molecular flexibility index (Phi) is 4.18. The third kappa shape index (κ3) is 3.59. The first kappa shape index (κ1) is 14.1. The van der Waals surface area contributed by atoms with Gasteiger partial charge in [0.05, 0.1) is 19.6 Å². The summed E-state index contributed by atoms with van der Waals surface area (Å²) >= 11 is 0. The Bertz CT molecular complexity index is 267. The van der Waals surface area contributed by atoms with Crippen molar-refractivity contribution in [2.75, 3.05) is 26.8 Å². The fraction of sp³-hybridized carbons (Fsp3) is 1.00. The second-order valence-corrected chi connectivity index (χ2v) is 5.18. The average Bonchev–Trinajstić information content (AvgIpc) is 2.75. The van der Waals surface area contributed by atoms with E-state index in [9.17, 15) is 13.2 Å². The molecule has 0 aromatic carbocycles. The molecule has 0 bridgehead atoms. The minimum absolute atomic E-state index is 0.0723. The Balaban J connectivity index is 1.75. The van der Waals surface area contributed by atoms with E-state index in [2.05, 4.69) is 0 Å². The first-order valence-corrected chi connectivity index (χ1v) is 6.45. The van der Waals surface area contributed by atoms with E-state index in [1.807, 2.05) is 4.90 Å². The molecule has 0 unspecified atom stereocenters. The zero-order valence-corrected chi connectivity index (χ0v) is 10.6. The van der Waals surface area contributed by atoms with Crippen molar-refractivity contribution in [3.05, 3.63) is 0 Å². The highest BCUT2D eigenvalue weighted by Crippen LogP contribution is 2.37. The molecule has 0 aromatic heterocycles. The van der Waals surface area contributed by atoms with Crippen molar-refractivity contribution in [1.29, 1.82) is 0 Å². The van der Waals surface area contributed by atoms with E-state index < -0.39 is 18.4 Å². The van der Waals surface area contributed by atoms with Crippen molar-refractivity contribution >= 4 is 0 Å². The standard InChI is InChI=1S/C12H20F3NO2/c1-16(7-6-12(13,14)15)10-2-4-11(5-3-10)17-8-9-18-11/h10H,2-9H2,1H3. The van der Waals surface area contributed by atoms with Crippen molar-refractivity contribution in [3.8, 4) is 0 Å². The van der Waals surface area contributed by atoms with Gasteiger partial charge >= 0.3 is 6.18 Å². The van der Waals surface area contributed by atoms with Crippen LogP contribution in [0.2, 0.25) is 0 Å². The first-order chi connectivity index (χ1) is 8.40. The van der Waals surface area contributed by atoms with Crippen molar-refractivity contribution in [2.45, 2.75) is 50.1 Å². The van der Waals surface area contributed by atoms with Gasteiger partial charge in [-0.1, -0.05) is 0 Å². The van der Waals surface area contributed by atoms with Gasteiger partial charge in [-0.05, 0) is 19.9 Å². The van der Waals surface area contributed by atoms with Crippen LogP contribution in [-0.2, 0) is 9.47 Å². The van der Waals surface area contributed by atoms with E-state index in [1.54, 1.807) is 7.05 Å². The summed E-state index contributed by atoms with van der Waals surface area (Å²) in [5.41, 5.74) is 0. The summed E-state index contributed by atoms with van der Waals surface area (Å²) in [6.45, 7) is 1.34. The summed E-state index contributed by atoms with van der Waals surface area (Å²) in [5.74, 6) is -0.429. The third-order valence-electron chi connectivity index (χ3n) is 3.90. The molecule has 0 atom stereocenters. The van der Waals surface area contributed by atoms with Crippen molar-refractivity contribution < 1.29 is 22.6 Å². The van der Waals surface area contributed by atoms with Gasteiger partial charge in [-0.25, -0.2) is 0 Å². The van der Waals surface area contributed by atoms with Crippen molar-refractivity contribution in [1.82, 2.24) is 4.90 Å². The highest BCUT2D eigenvalue weighted by atomic mass is 19.4. The summed E-state index contributed by atoms with van der Waals surface area (Å²) in [4.78, 5) is 1.81. The SMILES string of the molecule is CN(CCC(F)(F)F)C1CCC2(CC1)OCCO2. The molecular formula is C12H20F3NO2. The number of hydrogen-bond donors (Lipinski definition) is 0. The van der Waals surface area contributed by atoms with Crippen molar-refractivity contribution in [3.63, 3.8) is 0 Å². The van der Waals surface area contributed by atoms with Gasteiger partial charge in [-0.3, -0.25) is 0 Å². The van der Waals surface area contributed by atoms with Crippen LogP contribution >= 0.6 is 0 Å². The van der Waals surface area contributed by atoms with Crippen LogP contribution in [0.15, 0.2) is 0 Å². The zero-order valence-electron chi connectivity index (χ0n) is 10.6. The maximum Gasteiger partial charge on any atom is 0.390 e. The van der Waals surface area contributed by atoms with Gasteiger partial charge in [-0.2, -0.15) is 13.2 Å². The van der Waals surface area contributed by atoms with Crippen LogP contribution in [0.5, 0.6) is 0 Å². The van der Waals surface area contributed by atoms with Gasteiger partial charge in [0.25, 0.3) is 0 Å². The summed E-state index contributed by atoms with van der Waals surface area (Å²) in [5, 5.41) is 0. The molecule has 106 valence electrons. The van der Waals surface area contributed by atoms with Crippen LogP contribution in [-0.4, -0.2) is 49.7 Å². The number of rotatable bonds is 3. The van der Waals surface area contributed by atoms with Gasteiger partial charge in [0.15, 0.2) is 5.79 Å². The maximum atomic E-state index is 12.2. The third-order valence-corrected chi connectivity index (χ3v) is 3.90. The Hall–Kier alpha value is -0.330. The number of nitrogens with zero attached hydrogens (tertiary/aromatic N) is 1. The van der Waals surface area contributed by atoms with Gasteiger partial charge < -0.3 is 14.4 Å². The van der Waals surface area contributed by atoms with E-state index in [0.29, 0.717) is 13.2 Å². The highest BCUT2D eigenvalue weighted by molar-refractivity contribution is 4.86. The average molecular weight is 267 g/mol. The van der Waals surface area contributed by atoms with Gasteiger partial charge in [0.2, 0.25) is 0 Å². The van der Waals surface area contributed by atoms with Crippen LogP contribution in [0.3, 0.4) is 0 Å². The van der Waals surface area contributed by atoms with Crippen LogP contribution in [0, 0.1) is 0 Å². The number of halogens is 3. The van der Waals surface area contributed by atoms with E-state index in [0.717, 1.165) is 25.7 Å². The minimum atomic E-state index is -4.07. The molecule has 2 aliphatic rings. The molecule has 1 aliphatic heterocycles. The molecule has 1 aliphatic carbocycles. The summed E-state index contributed by atoms with van der Waals surface area (Å²) in [6, 6.07) is 0.214. The summed E-state index contributed by atoms with van der Waals surface area (Å²) in [7, 11) is 1.77. The molecule has 2 fully saturated rings. The van der Waals surface area contributed by atoms with E-state index >= 15 is 0 Å². The Labute approximate surface area is 105 Å². The molecule has 0 amide bonds. The molecule has 1 saturated heterocycles. The number of ether oxygens (including phenoxy) is 2.